The first kappa shape index (κ1) is 19.1. The number of ether oxygens (including phenoxy) is 1. The average molecular weight is 220 g/mol. The van der Waals surface area contributed by atoms with Crippen LogP contribution in [-0.4, -0.2) is 43.9 Å². The van der Waals surface area contributed by atoms with E-state index in [0.717, 1.165) is 6.41 Å². The van der Waals surface area contributed by atoms with Crippen molar-refractivity contribution >= 4 is 18.3 Å². The van der Waals surface area contributed by atoms with Crippen molar-refractivity contribution in [1.29, 1.82) is 0 Å². The van der Waals surface area contributed by atoms with E-state index < -0.39 is 6.09 Å². The van der Waals surface area contributed by atoms with Crippen LogP contribution in [0.2, 0.25) is 0 Å². The summed E-state index contributed by atoms with van der Waals surface area (Å²) in [7, 11) is 3.38. The van der Waals surface area contributed by atoms with Crippen LogP contribution in [0.4, 0.5) is 4.79 Å². The number of primary amides is 1. The van der Waals surface area contributed by atoms with Crippen LogP contribution in [0.25, 0.3) is 0 Å². The number of amides is 2. The van der Waals surface area contributed by atoms with Gasteiger partial charge in [-0.25, -0.2) is 4.79 Å². The fourth-order valence-electron chi connectivity index (χ4n) is 0.142. The number of ketones is 1. The van der Waals surface area contributed by atoms with Crippen LogP contribution in [0.1, 0.15) is 20.8 Å². The second kappa shape index (κ2) is 14.9. The molecule has 6 nitrogen and oxygen atoms in total. The number of nitrogens with two attached hydrogens (primary N) is 1. The van der Waals surface area contributed by atoms with E-state index in [2.05, 4.69) is 10.5 Å². The molecule has 0 radical (unpaired) electrons. The Bertz CT molecular complexity index is 177. The summed E-state index contributed by atoms with van der Waals surface area (Å²) < 4.78 is 4.18. The summed E-state index contributed by atoms with van der Waals surface area (Å²) in [5.41, 5.74) is 4.54. The van der Waals surface area contributed by atoms with Crippen molar-refractivity contribution in [2.45, 2.75) is 20.8 Å². The van der Waals surface area contributed by atoms with E-state index in [0.29, 0.717) is 6.61 Å². The van der Waals surface area contributed by atoms with Crippen LogP contribution in [0.5, 0.6) is 0 Å². The van der Waals surface area contributed by atoms with Gasteiger partial charge in [0.05, 0.1) is 6.61 Å². The Balaban J connectivity index is -0.000000147. The Morgan fingerprint density at radius 1 is 1.33 bits per heavy atom. The highest BCUT2D eigenvalue weighted by Crippen LogP contribution is 1.66. The van der Waals surface area contributed by atoms with Crippen LogP contribution in [0.15, 0.2) is 0 Å². The highest BCUT2D eigenvalue weighted by atomic mass is 16.5. The van der Waals surface area contributed by atoms with Crippen LogP contribution < -0.4 is 5.73 Å². The molecule has 0 atom stereocenters. The summed E-state index contributed by atoms with van der Waals surface area (Å²) >= 11 is 0. The third-order valence-electron chi connectivity index (χ3n) is 0.497. The molecular formula is C9H20N2O4. The van der Waals surface area contributed by atoms with Gasteiger partial charge in [0.1, 0.15) is 5.78 Å². The van der Waals surface area contributed by atoms with Gasteiger partial charge in [0.15, 0.2) is 0 Å². The third-order valence-corrected chi connectivity index (χ3v) is 0.497. The second-order valence-corrected chi connectivity index (χ2v) is 2.73. The zero-order valence-electron chi connectivity index (χ0n) is 9.94. The zero-order chi connectivity index (χ0) is 12.9. The Labute approximate surface area is 90.4 Å². The molecule has 0 aromatic carbocycles. The molecule has 0 aromatic rings. The van der Waals surface area contributed by atoms with Crippen molar-refractivity contribution < 1.29 is 19.1 Å². The summed E-state index contributed by atoms with van der Waals surface area (Å²) in [6, 6.07) is 0. The minimum Gasteiger partial charge on any atom is -0.450 e. The maximum absolute atomic E-state index is 9.60. The van der Waals surface area contributed by atoms with Gasteiger partial charge in [-0.2, -0.15) is 0 Å². The van der Waals surface area contributed by atoms with Crippen molar-refractivity contribution in [2.24, 2.45) is 5.73 Å². The molecule has 0 saturated heterocycles. The summed E-state index contributed by atoms with van der Waals surface area (Å²) in [6.45, 7) is 5.11. The molecule has 2 N–H and O–H groups in total. The van der Waals surface area contributed by atoms with Gasteiger partial charge in [0, 0.05) is 14.1 Å². The Hall–Kier alpha value is -1.59. The molecule has 2 amide bonds. The first-order valence-electron chi connectivity index (χ1n) is 4.29. The molecule has 0 unspecified atom stereocenters. The summed E-state index contributed by atoms with van der Waals surface area (Å²) in [5, 5.41) is 0. The Morgan fingerprint density at radius 3 is 1.60 bits per heavy atom. The van der Waals surface area contributed by atoms with E-state index in [-0.39, 0.29) is 5.78 Å². The molecule has 6 heteroatoms. The smallest absolute Gasteiger partial charge is 0.404 e. The van der Waals surface area contributed by atoms with E-state index in [1.165, 1.54) is 18.7 Å². The SMILES string of the molecule is CC(C)=O.CCOC(N)=O.CN(C)C=O. The van der Waals surface area contributed by atoms with Gasteiger partial charge in [-0.15, -0.1) is 0 Å². The number of carbonyl (C=O) groups excluding carboxylic acids is 3. The Morgan fingerprint density at radius 2 is 1.60 bits per heavy atom. The summed E-state index contributed by atoms with van der Waals surface area (Å²) in [5.74, 6) is 0.167. The second-order valence-electron chi connectivity index (χ2n) is 2.73. The van der Waals surface area contributed by atoms with E-state index in [9.17, 15) is 14.4 Å². The lowest BCUT2D eigenvalue weighted by atomic mass is 10.6. The molecule has 0 fully saturated rings. The van der Waals surface area contributed by atoms with Crippen LogP contribution in [-0.2, 0) is 14.3 Å². The molecule has 0 heterocycles. The monoisotopic (exact) mass is 220 g/mol. The molecule has 0 aliphatic rings. The first-order valence-corrected chi connectivity index (χ1v) is 4.29. The standard InChI is InChI=1S/C3H7NO2.C3H7NO.C3H6O/c1-2-6-3(4)5;1-4(2)3-5;1-3(2)4/h2H2,1H3,(H2,4,5);3H,1-2H3;1-2H3. The van der Waals surface area contributed by atoms with Crippen LogP contribution >= 0.6 is 0 Å². The number of carbonyl (C=O) groups is 3. The van der Waals surface area contributed by atoms with Gasteiger partial charge in [-0.3, -0.25) is 4.79 Å². The third kappa shape index (κ3) is 116. The molecule has 90 valence electrons. The highest BCUT2D eigenvalue weighted by Gasteiger charge is 1.82. The van der Waals surface area contributed by atoms with Gasteiger partial charge in [-0.05, 0) is 20.8 Å². The van der Waals surface area contributed by atoms with E-state index in [1.54, 1.807) is 21.0 Å². The van der Waals surface area contributed by atoms with E-state index >= 15 is 0 Å². The number of Topliss-reactive ketones (excluding diaryl/α,β-unsaturated/α-hetero) is 1. The maximum atomic E-state index is 9.60. The summed E-state index contributed by atoms with van der Waals surface area (Å²) in [6.07, 6.45) is 0.0394. The fourth-order valence-corrected chi connectivity index (χ4v) is 0.142. The fraction of sp³-hybridized carbons (Fsp3) is 0.667. The van der Waals surface area contributed by atoms with E-state index in [1.807, 2.05) is 0 Å². The van der Waals surface area contributed by atoms with E-state index in [4.69, 9.17) is 0 Å². The first-order chi connectivity index (χ1) is 6.77. The van der Waals surface area contributed by atoms with Gasteiger partial charge < -0.3 is 20.2 Å². The van der Waals surface area contributed by atoms with Crippen molar-refractivity contribution in [3.8, 4) is 0 Å². The van der Waals surface area contributed by atoms with Gasteiger partial charge in [0.25, 0.3) is 0 Å². The van der Waals surface area contributed by atoms with Crippen molar-refractivity contribution in [1.82, 2.24) is 4.90 Å². The lowest BCUT2D eigenvalue weighted by Gasteiger charge is -1.93. The zero-order valence-corrected chi connectivity index (χ0v) is 9.94. The quantitative estimate of drug-likeness (QED) is 0.682. The van der Waals surface area contributed by atoms with Gasteiger partial charge >= 0.3 is 6.09 Å². The lowest BCUT2D eigenvalue weighted by molar-refractivity contribution is -0.116. The normalized spacial score (nSPS) is 7.00. The molecule has 0 rings (SSSR count). The van der Waals surface area contributed by atoms with Crippen LogP contribution in [0.3, 0.4) is 0 Å². The van der Waals surface area contributed by atoms with Gasteiger partial charge in [0.2, 0.25) is 6.41 Å². The molecule has 0 saturated carbocycles. The van der Waals surface area contributed by atoms with Crippen molar-refractivity contribution in [3.63, 3.8) is 0 Å². The maximum Gasteiger partial charge on any atom is 0.404 e. The molecule has 0 aliphatic heterocycles. The number of hydrogen-bond acceptors (Lipinski definition) is 4. The number of rotatable bonds is 2. The minimum atomic E-state index is -0.711. The van der Waals surface area contributed by atoms with Crippen molar-refractivity contribution in [3.05, 3.63) is 0 Å². The topological polar surface area (TPSA) is 89.7 Å². The lowest BCUT2D eigenvalue weighted by Crippen LogP contribution is -2.11. The predicted molar refractivity (Wildman–Crippen MR) is 57.3 cm³/mol. The molecule has 0 spiro atoms. The largest absolute Gasteiger partial charge is 0.450 e. The van der Waals surface area contributed by atoms with Crippen LogP contribution in [0, 0.1) is 0 Å². The predicted octanol–water partition coefficient (Wildman–Crippen LogP) is 0.401. The highest BCUT2D eigenvalue weighted by molar-refractivity contribution is 5.72. The minimum absolute atomic E-state index is 0.167. The molecule has 15 heavy (non-hydrogen) atoms. The molecule has 0 bridgehead atoms. The number of hydrogen-bond donors (Lipinski definition) is 1. The Kier molecular flexibility index (Phi) is 18.9. The van der Waals surface area contributed by atoms with Crippen molar-refractivity contribution in [2.75, 3.05) is 20.7 Å². The van der Waals surface area contributed by atoms with Gasteiger partial charge in [-0.1, -0.05) is 0 Å². The summed E-state index contributed by atoms with van der Waals surface area (Å²) in [4.78, 5) is 29.9. The number of nitrogens with zero attached hydrogens (tertiary/aromatic N) is 1. The average Bonchev–Trinajstić information content (AvgIpc) is 2.03. The molecule has 0 aromatic heterocycles. The molecule has 0 aliphatic carbocycles. The molecular weight excluding hydrogens is 200 g/mol.